The molecular formula is C18H18F2N2O3. The first-order valence-corrected chi connectivity index (χ1v) is 7.86. The van der Waals surface area contributed by atoms with E-state index in [9.17, 15) is 13.6 Å². The summed E-state index contributed by atoms with van der Waals surface area (Å²) in [5.74, 6) is -0.642. The topological polar surface area (TPSA) is 59.6 Å². The van der Waals surface area contributed by atoms with E-state index in [0.29, 0.717) is 23.6 Å². The van der Waals surface area contributed by atoms with Gasteiger partial charge >= 0.3 is 0 Å². The second-order valence-electron chi connectivity index (χ2n) is 5.74. The summed E-state index contributed by atoms with van der Waals surface area (Å²) < 4.78 is 36.7. The lowest BCUT2D eigenvalue weighted by atomic mass is 10.1. The Bertz CT molecular complexity index is 783. The van der Waals surface area contributed by atoms with E-state index in [2.05, 4.69) is 10.6 Å². The van der Waals surface area contributed by atoms with Crippen LogP contribution in [0.2, 0.25) is 0 Å². The van der Waals surface area contributed by atoms with Crippen molar-refractivity contribution in [2.24, 2.45) is 0 Å². The monoisotopic (exact) mass is 348 g/mol. The Morgan fingerprint density at radius 2 is 1.92 bits per heavy atom. The molecule has 132 valence electrons. The third-order valence-electron chi connectivity index (χ3n) is 3.94. The molecule has 0 bridgehead atoms. The number of benzene rings is 2. The summed E-state index contributed by atoms with van der Waals surface area (Å²) in [4.78, 5) is 11.9. The number of halogens is 2. The molecule has 7 heteroatoms. The largest absolute Gasteiger partial charge is 0.454 e. The van der Waals surface area contributed by atoms with Crippen molar-refractivity contribution < 1.29 is 23.0 Å². The zero-order chi connectivity index (χ0) is 17.8. The van der Waals surface area contributed by atoms with Crippen molar-refractivity contribution in [3.05, 3.63) is 59.2 Å². The predicted octanol–water partition coefficient (Wildman–Crippen LogP) is 2.66. The Balaban J connectivity index is 1.47. The van der Waals surface area contributed by atoms with E-state index in [-0.39, 0.29) is 25.3 Å². The Kier molecular flexibility index (Phi) is 5.14. The van der Waals surface area contributed by atoms with Crippen LogP contribution in [0, 0.1) is 11.6 Å². The Labute approximate surface area is 143 Å². The molecule has 0 radical (unpaired) electrons. The smallest absolute Gasteiger partial charge is 0.234 e. The highest BCUT2D eigenvalue weighted by molar-refractivity contribution is 5.78. The number of amides is 1. The van der Waals surface area contributed by atoms with Crippen molar-refractivity contribution in [1.82, 2.24) is 10.6 Å². The molecule has 0 saturated heterocycles. The van der Waals surface area contributed by atoms with Gasteiger partial charge in [0.05, 0.1) is 6.54 Å². The summed E-state index contributed by atoms with van der Waals surface area (Å²) in [6.07, 6.45) is 0. The van der Waals surface area contributed by atoms with Crippen molar-refractivity contribution in [2.45, 2.75) is 19.5 Å². The van der Waals surface area contributed by atoms with Gasteiger partial charge in [0, 0.05) is 12.6 Å². The quantitative estimate of drug-likeness (QED) is 0.843. The fraction of sp³-hybridized carbons (Fsp3) is 0.278. The maximum Gasteiger partial charge on any atom is 0.234 e. The van der Waals surface area contributed by atoms with Crippen LogP contribution >= 0.6 is 0 Å². The molecule has 3 rings (SSSR count). The Morgan fingerprint density at radius 3 is 2.72 bits per heavy atom. The van der Waals surface area contributed by atoms with E-state index in [0.717, 1.165) is 17.7 Å². The summed E-state index contributed by atoms with van der Waals surface area (Å²) in [5.41, 5.74) is 1.47. The molecule has 1 aliphatic heterocycles. The minimum absolute atomic E-state index is 0.0602. The van der Waals surface area contributed by atoms with Crippen molar-refractivity contribution in [2.75, 3.05) is 13.3 Å². The van der Waals surface area contributed by atoms with Crippen LogP contribution in [0.15, 0.2) is 36.4 Å². The molecule has 0 aromatic heterocycles. The molecule has 0 aliphatic carbocycles. The number of hydrogen-bond donors (Lipinski definition) is 2. The molecule has 0 unspecified atom stereocenters. The average molecular weight is 348 g/mol. The summed E-state index contributed by atoms with van der Waals surface area (Å²) >= 11 is 0. The van der Waals surface area contributed by atoms with Crippen molar-refractivity contribution in [3.63, 3.8) is 0 Å². The van der Waals surface area contributed by atoms with Crippen LogP contribution in [0.5, 0.6) is 11.5 Å². The zero-order valence-corrected chi connectivity index (χ0v) is 13.6. The van der Waals surface area contributed by atoms with Gasteiger partial charge in [0.15, 0.2) is 23.1 Å². The lowest BCUT2D eigenvalue weighted by molar-refractivity contribution is -0.120. The minimum atomic E-state index is -0.904. The fourth-order valence-electron chi connectivity index (χ4n) is 2.46. The first-order valence-electron chi connectivity index (χ1n) is 7.86. The van der Waals surface area contributed by atoms with E-state index in [1.165, 1.54) is 6.07 Å². The van der Waals surface area contributed by atoms with Gasteiger partial charge in [-0.25, -0.2) is 8.78 Å². The first-order chi connectivity index (χ1) is 12.0. The van der Waals surface area contributed by atoms with E-state index < -0.39 is 11.6 Å². The molecule has 1 heterocycles. The number of fused-ring (bicyclic) bond motifs is 1. The highest BCUT2D eigenvalue weighted by atomic mass is 19.2. The van der Waals surface area contributed by atoms with E-state index in [4.69, 9.17) is 9.47 Å². The third kappa shape index (κ3) is 4.24. The summed E-state index contributed by atoms with van der Waals surface area (Å²) in [6.45, 7) is 2.40. The molecular weight excluding hydrogens is 330 g/mol. The van der Waals surface area contributed by atoms with E-state index >= 15 is 0 Å². The SMILES string of the molecule is C[C@H](NCC(=O)NCc1ccc2c(c1)OCO2)c1ccc(F)c(F)c1. The van der Waals surface area contributed by atoms with Gasteiger partial charge in [-0.3, -0.25) is 4.79 Å². The lowest BCUT2D eigenvalue weighted by Gasteiger charge is -2.14. The third-order valence-corrected chi connectivity index (χ3v) is 3.94. The number of ether oxygens (including phenoxy) is 2. The van der Waals surface area contributed by atoms with Gasteiger partial charge in [-0.05, 0) is 42.3 Å². The minimum Gasteiger partial charge on any atom is -0.454 e. The number of nitrogens with one attached hydrogen (secondary N) is 2. The van der Waals surface area contributed by atoms with Crippen LogP contribution < -0.4 is 20.1 Å². The van der Waals surface area contributed by atoms with Crippen molar-refractivity contribution in [1.29, 1.82) is 0 Å². The Hall–Kier alpha value is -2.67. The highest BCUT2D eigenvalue weighted by Crippen LogP contribution is 2.32. The molecule has 0 fully saturated rings. The van der Waals surface area contributed by atoms with Crippen LogP contribution in [0.4, 0.5) is 8.78 Å². The van der Waals surface area contributed by atoms with Gasteiger partial charge in [-0.15, -0.1) is 0 Å². The average Bonchev–Trinajstić information content (AvgIpc) is 3.08. The van der Waals surface area contributed by atoms with Gasteiger partial charge in [0.1, 0.15) is 0 Å². The summed E-state index contributed by atoms with van der Waals surface area (Å²) in [5, 5.41) is 5.76. The van der Waals surface area contributed by atoms with Gasteiger partial charge in [-0.2, -0.15) is 0 Å². The predicted molar refractivity (Wildman–Crippen MR) is 87.2 cm³/mol. The summed E-state index contributed by atoms with van der Waals surface area (Å²) in [6, 6.07) is 8.87. The van der Waals surface area contributed by atoms with Crippen molar-refractivity contribution in [3.8, 4) is 11.5 Å². The first kappa shape index (κ1) is 17.2. The molecule has 1 amide bonds. The van der Waals surface area contributed by atoms with Crippen molar-refractivity contribution >= 4 is 5.91 Å². The Morgan fingerprint density at radius 1 is 1.12 bits per heavy atom. The van der Waals surface area contributed by atoms with Crippen LogP contribution in [0.1, 0.15) is 24.1 Å². The van der Waals surface area contributed by atoms with Gasteiger partial charge in [0.2, 0.25) is 12.7 Å². The molecule has 2 N–H and O–H groups in total. The van der Waals surface area contributed by atoms with Crippen LogP contribution in [-0.4, -0.2) is 19.2 Å². The molecule has 1 atom stereocenters. The molecule has 1 aliphatic rings. The lowest BCUT2D eigenvalue weighted by Crippen LogP contribution is -2.34. The maximum absolute atomic E-state index is 13.2. The van der Waals surface area contributed by atoms with E-state index in [1.54, 1.807) is 13.0 Å². The normalized spacial score (nSPS) is 13.6. The maximum atomic E-state index is 13.2. The molecule has 2 aromatic carbocycles. The molecule has 0 saturated carbocycles. The van der Waals surface area contributed by atoms with E-state index in [1.807, 2.05) is 12.1 Å². The van der Waals surface area contributed by atoms with Crippen LogP contribution in [-0.2, 0) is 11.3 Å². The highest BCUT2D eigenvalue weighted by Gasteiger charge is 2.14. The molecule has 5 nitrogen and oxygen atoms in total. The van der Waals surface area contributed by atoms with Gasteiger partial charge < -0.3 is 20.1 Å². The fourth-order valence-corrected chi connectivity index (χ4v) is 2.46. The number of hydrogen-bond acceptors (Lipinski definition) is 4. The second-order valence-corrected chi connectivity index (χ2v) is 5.74. The standard InChI is InChI=1S/C18H18F2N2O3/c1-11(13-3-4-14(19)15(20)7-13)21-9-18(23)22-8-12-2-5-16-17(6-12)25-10-24-16/h2-7,11,21H,8-10H2,1H3,(H,22,23)/t11-/m0/s1. The molecule has 2 aromatic rings. The van der Waals surface area contributed by atoms with Gasteiger partial charge in [0.25, 0.3) is 0 Å². The van der Waals surface area contributed by atoms with Crippen LogP contribution in [0.25, 0.3) is 0 Å². The summed E-state index contributed by atoms with van der Waals surface area (Å²) in [7, 11) is 0. The zero-order valence-electron chi connectivity index (χ0n) is 13.6. The number of carbonyl (C=O) groups is 1. The second kappa shape index (κ2) is 7.48. The van der Waals surface area contributed by atoms with Crippen LogP contribution in [0.3, 0.4) is 0 Å². The number of rotatable bonds is 6. The number of carbonyl (C=O) groups excluding carboxylic acids is 1. The molecule has 25 heavy (non-hydrogen) atoms. The molecule has 0 spiro atoms. The van der Waals surface area contributed by atoms with Gasteiger partial charge in [-0.1, -0.05) is 12.1 Å².